The Kier molecular flexibility index (Phi) is 11.3. The van der Waals surface area contributed by atoms with Gasteiger partial charge >= 0.3 is 6.09 Å². The third kappa shape index (κ3) is 8.25. The first-order valence-corrected chi connectivity index (χ1v) is 16.2. The summed E-state index contributed by atoms with van der Waals surface area (Å²) in [6, 6.07) is 18.9. The van der Waals surface area contributed by atoms with Crippen LogP contribution in [-0.4, -0.2) is 67.8 Å². The van der Waals surface area contributed by atoms with Crippen molar-refractivity contribution in [3.63, 3.8) is 0 Å². The largest absolute Gasteiger partial charge is 0.478 e. The topological polar surface area (TPSA) is 75.2 Å². The Morgan fingerprint density at radius 2 is 1.58 bits per heavy atom. The predicted octanol–water partition coefficient (Wildman–Crippen LogP) is 6.99. The van der Waals surface area contributed by atoms with Gasteiger partial charge in [-0.1, -0.05) is 75.4 Å². The van der Waals surface area contributed by atoms with E-state index < -0.39 is 6.09 Å². The van der Waals surface area contributed by atoms with Crippen LogP contribution in [0.25, 0.3) is 10.8 Å². The molecule has 0 bridgehead atoms. The number of hydrogen-bond donors (Lipinski definition) is 0. The highest BCUT2D eigenvalue weighted by Crippen LogP contribution is 2.30. The quantitative estimate of drug-likeness (QED) is 0.188. The van der Waals surface area contributed by atoms with Crippen LogP contribution in [0, 0.1) is 0 Å². The number of benzene rings is 2. The molecule has 1 aromatic heterocycles. The first-order valence-electron chi connectivity index (χ1n) is 16.2. The van der Waals surface area contributed by atoms with Crippen molar-refractivity contribution in [2.24, 2.45) is 0 Å². The monoisotopic (exact) mass is 586 g/mol. The highest BCUT2D eigenvalue weighted by Gasteiger charge is 2.32. The minimum atomic E-state index is -0.635. The molecule has 5 rings (SSSR count). The number of nitrogens with zero attached hydrogens (tertiary/aromatic N) is 4. The van der Waals surface area contributed by atoms with Crippen molar-refractivity contribution < 1.29 is 19.1 Å². The van der Waals surface area contributed by atoms with Gasteiger partial charge in [-0.25, -0.2) is 4.79 Å². The number of carbonyl (C=O) groups is 2. The van der Waals surface area contributed by atoms with Crippen LogP contribution in [0.5, 0.6) is 5.88 Å². The minimum absolute atomic E-state index is 0.273. The summed E-state index contributed by atoms with van der Waals surface area (Å²) in [5.41, 5.74) is 2.20. The molecule has 0 N–H and O–H groups in total. The molecular formula is C35H46N4O4. The number of carbonyl (C=O) groups excluding carboxylic acids is 2. The lowest BCUT2D eigenvalue weighted by atomic mass is 10.1. The molecule has 0 aliphatic carbocycles. The van der Waals surface area contributed by atoms with E-state index in [2.05, 4.69) is 64.2 Å². The molecule has 1 fully saturated rings. The van der Waals surface area contributed by atoms with Crippen LogP contribution >= 0.6 is 0 Å². The van der Waals surface area contributed by atoms with Crippen molar-refractivity contribution in [3.8, 4) is 5.88 Å². The summed E-state index contributed by atoms with van der Waals surface area (Å²) in [4.78, 5) is 36.2. The number of aryl methyl sites for hydroxylation is 1. The average Bonchev–Trinajstić information content (AvgIpc) is 3.04. The Morgan fingerprint density at radius 3 is 2.44 bits per heavy atom. The molecule has 8 heteroatoms. The van der Waals surface area contributed by atoms with E-state index in [1.165, 1.54) is 35.7 Å². The van der Waals surface area contributed by atoms with E-state index in [1.807, 2.05) is 12.1 Å². The van der Waals surface area contributed by atoms with Gasteiger partial charge in [0.25, 0.3) is 0 Å². The fraction of sp³-hybridized carbons (Fsp3) is 0.514. The number of amides is 2. The van der Waals surface area contributed by atoms with E-state index in [0.717, 1.165) is 75.3 Å². The molecule has 3 heterocycles. The molecule has 0 atom stereocenters. The van der Waals surface area contributed by atoms with Crippen molar-refractivity contribution in [2.75, 3.05) is 55.7 Å². The van der Waals surface area contributed by atoms with E-state index in [4.69, 9.17) is 9.47 Å². The molecule has 2 aromatic carbocycles. The number of hydrogen-bond acceptors (Lipinski definition) is 7. The summed E-state index contributed by atoms with van der Waals surface area (Å²) >= 11 is 0. The van der Waals surface area contributed by atoms with Gasteiger partial charge in [0.2, 0.25) is 11.8 Å². The number of ether oxygens (including phenoxy) is 2. The van der Waals surface area contributed by atoms with Gasteiger partial charge in [-0.05, 0) is 55.3 Å². The molecule has 2 aliphatic heterocycles. The maximum atomic E-state index is 12.8. The van der Waals surface area contributed by atoms with Crippen LogP contribution in [0.2, 0.25) is 0 Å². The van der Waals surface area contributed by atoms with E-state index in [0.29, 0.717) is 31.3 Å². The zero-order valence-electron chi connectivity index (χ0n) is 25.6. The highest BCUT2D eigenvalue weighted by atomic mass is 16.6. The number of unbranched alkanes of at least 4 members (excludes halogenated alkanes) is 6. The van der Waals surface area contributed by atoms with Crippen molar-refractivity contribution in [2.45, 2.75) is 71.1 Å². The fourth-order valence-electron chi connectivity index (χ4n) is 6.01. The molecule has 1 saturated heterocycles. The summed E-state index contributed by atoms with van der Waals surface area (Å²) in [6.07, 6.45) is 8.77. The first kappa shape index (κ1) is 30.8. The van der Waals surface area contributed by atoms with E-state index in [9.17, 15) is 9.59 Å². The summed E-state index contributed by atoms with van der Waals surface area (Å²) < 4.78 is 11.4. The molecule has 3 aromatic rings. The SMILES string of the molecule is CCCCCCCCOC(=O)N1C(=O)CCc2ccc(OCCCCN3CCN(c4cccc5ccccc45)CC3)nc21. The first-order chi connectivity index (χ1) is 21.1. The van der Waals surface area contributed by atoms with Crippen LogP contribution in [0.1, 0.15) is 70.3 Å². The molecule has 0 saturated carbocycles. The number of anilines is 2. The lowest BCUT2D eigenvalue weighted by molar-refractivity contribution is -0.118. The van der Waals surface area contributed by atoms with Gasteiger partial charge in [0, 0.05) is 49.7 Å². The second-order valence-electron chi connectivity index (χ2n) is 11.6. The molecule has 230 valence electrons. The minimum Gasteiger partial charge on any atom is -0.478 e. The van der Waals surface area contributed by atoms with Crippen molar-refractivity contribution in [1.82, 2.24) is 9.88 Å². The second-order valence-corrected chi connectivity index (χ2v) is 11.6. The average molecular weight is 587 g/mol. The van der Waals surface area contributed by atoms with Crippen LogP contribution in [0.4, 0.5) is 16.3 Å². The van der Waals surface area contributed by atoms with Gasteiger partial charge in [0.15, 0.2) is 5.82 Å². The van der Waals surface area contributed by atoms with Gasteiger partial charge in [-0.15, -0.1) is 0 Å². The normalized spacial score (nSPS) is 15.5. The summed E-state index contributed by atoms with van der Waals surface area (Å²) in [7, 11) is 0. The standard InChI is InChI=1S/C35H46N4O4/c1-2-3-4-5-6-10-27-43-35(41)39-33(40)20-18-29-17-19-32(36-34(29)39)42-26-11-9-21-37-22-24-38(25-23-37)31-16-12-14-28-13-7-8-15-30(28)31/h7-8,12-17,19H,2-6,9-11,18,20-27H2,1H3. The number of imide groups is 1. The predicted molar refractivity (Wildman–Crippen MR) is 172 cm³/mol. The van der Waals surface area contributed by atoms with Gasteiger partial charge in [0.1, 0.15) is 0 Å². The van der Waals surface area contributed by atoms with Crippen molar-refractivity contribution >= 4 is 34.3 Å². The van der Waals surface area contributed by atoms with Crippen LogP contribution < -0.4 is 14.5 Å². The Morgan fingerprint density at radius 1 is 0.814 bits per heavy atom. The number of fused-ring (bicyclic) bond motifs is 2. The van der Waals surface area contributed by atoms with Gasteiger partial charge in [-0.3, -0.25) is 9.69 Å². The molecule has 0 radical (unpaired) electrons. The van der Waals surface area contributed by atoms with E-state index in [-0.39, 0.29) is 12.3 Å². The Balaban J connectivity index is 1.03. The smallest absolute Gasteiger partial charge is 0.422 e. The number of aromatic nitrogens is 1. The number of pyridine rings is 1. The third-order valence-corrected chi connectivity index (χ3v) is 8.50. The molecule has 2 amide bonds. The second kappa shape index (κ2) is 15.7. The zero-order valence-corrected chi connectivity index (χ0v) is 25.6. The molecule has 8 nitrogen and oxygen atoms in total. The fourth-order valence-corrected chi connectivity index (χ4v) is 6.01. The Labute approximate surface area is 256 Å². The summed E-state index contributed by atoms with van der Waals surface area (Å²) in [5, 5.41) is 2.61. The van der Waals surface area contributed by atoms with Gasteiger partial charge in [0.05, 0.1) is 13.2 Å². The maximum absolute atomic E-state index is 12.8. The Hall–Kier alpha value is -3.65. The summed E-state index contributed by atoms with van der Waals surface area (Å²) in [6.45, 7) is 8.25. The summed E-state index contributed by atoms with van der Waals surface area (Å²) in [5.74, 6) is 0.516. The lowest BCUT2D eigenvalue weighted by Crippen LogP contribution is -2.46. The highest BCUT2D eigenvalue weighted by molar-refractivity contribution is 6.13. The van der Waals surface area contributed by atoms with E-state index in [1.54, 1.807) is 0 Å². The Bertz CT molecular complexity index is 1350. The molecular weight excluding hydrogens is 540 g/mol. The van der Waals surface area contributed by atoms with Crippen molar-refractivity contribution in [3.05, 3.63) is 60.2 Å². The van der Waals surface area contributed by atoms with Crippen LogP contribution in [0.3, 0.4) is 0 Å². The van der Waals surface area contributed by atoms with Gasteiger partial charge in [-0.2, -0.15) is 9.88 Å². The maximum Gasteiger partial charge on any atom is 0.422 e. The third-order valence-electron chi connectivity index (χ3n) is 8.50. The van der Waals surface area contributed by atoms with Crippen molar-refractivity contribution in [1.29, 1.82) is 0 Å². The van der Waals surface area contributed by atoms with E-state index >= 15 is 0 Å². The van der Waals surface area contributed by atoms with Gasteiger partial charge < -0.3 is 14.4 Å². The molecule has 0 spiro atoms. The van der Waals surface area contributed by atoms with Crippen LogP contribution in [0.15, 0.2) is 54.6 Å². The molecule has 2 aliphatic rings. The number of piperazine rings is 1. The number of rotatable bonds is 14. The molecule has 0 unspecified atom stereocenters. The van der Waals surface area contributed by atoms with Crippen LogP contribution in [-0.2, 0) is 16.0 Å². The molecule has 43 heavy (non-hydrogen) atoms. The zero-order chi connectivity index (χ0) is 29.9. The lowest BCUT2D eigenvalue weighted by Gasteiger charge is -2.36.